The summed E-state index contributed by atoms with van der Waals surface area (Å²) in [6.07, 6.45) is 2.03. The van der Waals surface area contributed by atoms with Crippen molar-refractivity contribution in [3.8, 4) is 0 Å². The number of benzene rings is 2. The van der Waals surface area contributed by atoms with E-state index in [4.69, 9.17) is 0 Å². The first-order valence-corrected chi connectivity index (χ1v) is 7.19. The van der Waals surface area contributed by atoms with Gasteiger partial charge >= 0.3 is 0 Å². The van der Waals surface area contributed by atoms with E-state index in [-0.39, 0.29) is 0 Å². The van der Waals surface area contributed by atoms with E-state index in [9.17, 15) is 4.79 Å². The lowest BCUT2D eigenvalue weighted by Gasteiger charge is -2.09. The first kappa shape index (κ1) is 14.5. The summed E-state index contributed by atoms with van der Waals surface area (Å²) < 4.78 is 0. The van der Waals surface area contributed by atoms with Crippen molar-refractivity contribution in [2.75, 3.05) is 0 Å². The van der Waals surface area contributed by atoms with Crippen LogP contribution in [0, 0.1) is 20.8 Å². The van der Waals surface area contributed by atoms with Crippen LogP contribution in [0.3, 0.4) is 0 Å². The molecule has 0 atom stereocenters. The van der Waals surface area contributed by atoms with Gasteiger partial charge in [0.2, 0.25) is 0 Å². The van der Waals surface area contributed by atoms with Gasteiger partial charge < -0.3 is 0 Å². The molecule has 0 aliphatic carbocycles. The molecule has 20 heavy (non-hydrogen) atoms. The Hall–Kier alpha value is -1.89. The van der Waals surface area contributed by atoms with Gasteiger partial charge in [0.05, 0.1) is 0 Å². The largest absolute Gasteiger partial charge is 0.299 e. The maximum absolute atomic E-state index is 12.2. The van der Waals surface area contributed by atoms with Crippen molar-refractivity contribution < 1.29 is 4.79 Å². The maximum Gasteiger partial charge on any atom is 0.137 e. The van der Waals surface area contributed by atoms with Crippen LogP contribution in [-0.2, 0) is 17.6 Å². The fraction of sp³-hybridized carbons (Fsp3) is 0.316. The Morgan fingerprint density at radius 2 is 1.45 bits per heavy atom. The monoisotopic (exact) mass is 266 g/mol. The third-order valence-corrected chi connectivity index (χ3v) is 3.95. The lowest BCUT2D eigenvalue weighted by molar-refractivity contribution is -0.118. The average molecular weight is 266 g/mol. The molecule has 0 fully saturated rings. The number of carbonyl (C=O) groups excluding carboxylic acids is 1. The third-order valence-electron chi connectivity index (χ3n) is 3.95. The van der Waals surface area contributed by atoms with Crippen molar-refractivity contribution in [2.24, 2.45) is 0 Å². The molecule has 0 aromatic heterocycles. The quantitative estimate of drug-likeness (QED) is 0.786. The predicted molar refractivity (Wildman–Crippen MR) is 84.1 cm³/mol. The van der Waals surface area contributed by atoms with E-state index in [0.29, 0.717) is 18.6 Å². The van der Waals surface area contributed by atoms with Gasteiger partial charge in [-0.05, 0) is 55.0 Å². The zero-order valence-corrected chi connectivity index (χ0v) is 12.6. The summed E-state index contributed by atoms with van der Waals surface area (Å²) in [6, 6.07) is 14.5. The molecule has 0 spiro atoms. The van der Waals surface area contributed by atoms with Gasteiger partial charge in [-0.1, -0.05) is 42.5 Å². The van der Waals surface area contributed by atoms with Crippen molar-refractivity contribution in [3.63, 3.8) is 0 Å². The highest BCUT2D eigenvalue weighted by Crippen LogP contribution is 2.16. The second-order valence-electron chi connectivity index (χ2n) is 5.51. The van der Waals surface area contributed by atoms with Crippen LogP contribution in [0.1, 0.15) is 34.2 Å². The molecule has 0 aliphatic heterocycles. The molecule has 0 bridgehead atoms. The molecule has 0 aliphatic rings. The van der Waals surface area contributed by atoms with E-state index < -0.39 is 0 Å². The molecule has 0 unspecified atom stereocenters. The number of rotatable bonds is 5. The Balaban J connectivity index is 1.98. The molecule has 0 radical (unpaired) electrons. The lowest BCUT2D eigenvalue weighted by atomic mass is 9.95. The van der Waals surface area contributed by atoms with Gasteiger partial charge in [0.15, 0.2) is 0 Å². The van der Waals surface area contributed by atoms with E-state index in [1.807, 2.05) is 18.2 Å². The van der Waals surface area contributed by atoms with Crippen molar-refractivity contribution in [3.05, 3.63) is 70.3 Å². The van der Waals surface area contributed by atoms with E-state index in [1.54, 1.807) is 0 Å². The SMILES string of the molecule is Cc1ccccc1CCC(=O)Cc1c(C)cccc1C. The van der Waals surface area contributed by atoms with E-state index in [2.05, 4.69) is 45.0 Å². The van der Waals surface area contributed by atoms with Crippen molar-refractivity contribution in [1.82, 2.24) is 0 Å². The fourth-order valence-corrected chi connectivity index (χ4v) is 2.58. The molecular formula is C19H22O. The summed E-state index contributed by atoms with van der Waals surface area (Å²) in [7, 11) is 0. The van der Waals surface area contributed by atoms with Crippen LogP contribution in [0.5, 0.6) is 0 Å². The molecule has 2 rings (SSSR count). The van der Waals surface area contributed by atoms with Crippen molar-refractivity contribution in [2.45, 2.75) is 40.0 Å². The minimum Gasteiger partial charge on any atom is -0.299 e. The Kier molecular flexibility index (Phi) is 4.73. The number of ketones is 1. The molecule has 1 nitrogen and oxygen atoms in total. The van der Waals surface area contributed by atoms with Crippen LogP contribution in [0.25, 0.3) is 0 Å². The number of hydrogen-bond acceptors (Lipinski definition) is 1. The minimum atomic E-state index is 0.325. The first-order valence-electron chi connectivity index (χ1n) is 7.19. The first-order chi connectivity index (χ1) is 9.58. The normalized spacial score (nSPS) is 10.6. The summed E-state index contributed by atoms with van der Waals surface area (Å²) in [5.41, 5.74) is 6.18. The smallest absolute Gasteiger partial charge is 0.137 e. The average Bonchev–Trinajstić information content (AvgIpc) is 2.42. The number of carbonyl (C=O) groups is 1. The number of hydrogen-bond donors (Lipinski definition) is 0. The molecule has 2 aromatic rings. The second kappa shape index (κ2) is 6.51. The number of aryl methyl sites for hydroxylation is 4. The Labute approximate surface area is 121 Å². The van der Waals surface area contributed by atoms with Crippen LogP contribution in [0.4, 0.5) is 0 Å². The van der Waals surface area contributed by atoms with E-state index >= 15 is 0 Å². The van der Waals surface area contributed by atoms with Crippen LogP contribution in [0.15, 0.2) is 42.5 Å². The van der Waals surface area contributed by atoms with Gasteiger partial charge in [-0.2, -0.15) is 0 Å². The van der Waals surface area contributed by atoms with E-state index in [1.165, 1.54) is 27.8 Å². The third kappa shape index (κ3) is 3.57. The Morgan fingerprint density at radius 3 is 2.10 bits per heavy atom. The van der Waals surface area contributed by atoms with E-state index in [0.717, 1.165) is 6.42 Å². The topological polar surface area (TPSA) is 17.1 Å². The van der Waals surface area contributed by atoms with Crippen molar-refractivity contribution >= 4 is 5.78 Å². The summed E-state index contributed by atoms with van der Waals surface area (Å²) in [5, 5.41) is 0. The molecule has 1 heteroatoms. The van der Waals surface area contributed by atoms with Crippen LogP contribution in [0.2, 0.25) is 0 Å². The summed E-state index contributed by atoms with van der Waals surface area (Å²) in [4.78, 5) is 12.2. The Morgan fingerprint density at radius 1 is 0.850 bits per heavy atom. The van der Waals surface area contributed by atoms with Gasteiger partial charge in [0.1, 0.15) is 5.78 Å². The summed E-state index contributed by atoms with van der Waals surface area (Å²) in [5.74, 6) is 0.325. The molecular weight excluding hydrogens is 244 g/mol. The van der Waals surface area contributed by atoms with Gasteiger partial charge in [-0.15, -0.1) is 0 Å². The second-order valence-corrected chi connectivity index (χ2v) is 5.51. The highest BCUT2D eigenvalue weighted by molar-refractivity contribution is 5.81. The molecule has 0 heterocycles. The van der Waals surface area contributed by atoms with Gasteiger partial charge in [-0.3, -0.25) is 4.79 Å². The zero-order chi connectivity index (χ0) is 14.5. The van der Waals surface area contributed by atoms with Crippen LogP contribution >= 0.6 is 0 Å². The van der Waals surface area contributed by atoms with Crippen LogP contribution < -0.4 is 0 Å². The summed E-state index contributed by atoms with van der Waals surface area (Å²) in [6.45, 7) is 6.26. The Bertz CT molecular complexity index is 591. The highest BCUT2D eigenvalue weighted by atomic mass is 16.1. The summed E-state index contributed by atoms with van der Waals surface area (Å²) >= 11 is 0. The predicted octanol–water partition coefficient (Wildman–Crippen LogP) is 4.36. The minimum absolute atomic E-state index is 0.325. The highest BCUT2D eigenvalue weighted by Gasteiger charge is 2.09. The van der Waals surface area contributed by atoms with Gasteiger partial charge in [-0.25, -0.2) is 0 Å². The molecule has 0 amide bonds. The molecule has 2 aromatic carbocycles. The van der Waals surface area contributed by atoms with Crippen molar-refractivity contribution in [1.29, 1.82) is 0 Å². The molecule has 0 saturated carbocycles. The van der Waals surface area contributed by atoms with Gasteiger partial charge in [0.25, 0.3) is 0 Å². The molecule has 0 N–H and O–H groups in total. The van der Waals surface area contributed by atoms with Crippen LogP contribution in [-0.4, -0.2) is 5.78 Å². The van der Waals surface area contributed by atoms with Gasteiger partial charge in [0, 0.05) is 12.8 Å². The number of Topliss-reactive ketones (excluding diaryl/α,β-unsaturated/α-hetero) is 1. The lowest BCUT2D eigenvalue weighted by Crippen LogP contribution is -2.07. The fourth-order valence-electron chi connectivity index (χ4n) is 2.58. The molecule has 104 valence electrons. The standard InChI is InChI=1S/C19H22O/c1-14-7-4-5-10-17(14)11-12-18(20)13-19-15(2)8-6-9-16(19)3/h4-10H,11-13H2,1-3H3. The molecule has 0 saturated heterocycles. The zero-order valence-electron chi connectivity index (χ0n) is 12.6. The maximum atomic E-state index is 12.2.